The van der Waals surface area contributed by atoms with Gasteiger partial charge in [0.1, 0.15) is 18.7 Å². The number of carbonyl (C=O) groups is 1. The molecular formula is C29H37ClFN6O3+. The molecule has 0 radical (unpaired) electrons. The number of likely N-dealkylation sites (tertiary alicyclic amines) is 2. The highest BCUT2D eigenvalue weighted by molar-refractivity contribution is 6.31. The molecule has 3 aromatic rings. The molecule has 2 saturated heterocycles. The summed E-state index contributed by atoms with van der Waals surface area (Å²) >= 11 is 5.98. The van der Waals surface area contributed by atoms with E-state index in [1.54, 1.807) is 32.4 Å². The number of hydrogen-bond donors (Lipinski definition) is 2. The standard InChI is InChI=1S/C29H36ClFN6O3/c1-18(36-10-5-6-11-36)15-37(3)16-19(12-24(37)29(38)32-2)40-26-13-20-23(14-25(26)39-4)33-17-34-28(20)35-22-9-7-8-21(30)27(22)31/h7-9,13-14,17-19,24H,5-6,10-12,15-16H2,1-4H3,(H-,32,33,34,35,38)/p+1/t18-,19-,24+,37?/m0/s1. The number of nitrogens with one attached hydrogen (secondary N) is 2. The zero-order valence-corrected chi connectivity index (χ0v) is 24.2. The van der Waals surface area contributed by atoms with Gasteiger partial charge in [-0.3, -0.25) is 9.69 Å². The summed E-state index contributed by atoms with van der Waals surface area (Å²) in [6.07, 6.45) is 4.22. The average molecular weight is 572 g/mol. The van der Waals surface area contributed by atoms with Gasteiger partial charge in [0.2, 0.25) is 0 Å². The minimum Gasteiger partial charge on any atom is -0.493 e. The molecule has 1 amide bonds. The first-order valence-corrected chi connectivity index (χ1v) is 14.1. The van der Waals surface area contributed by atoms with Crippen molar-refractivity contribution in [2.45, 2.75) is 44.4 Å². The summed E-state index contributed by atoms with van der Waals surface area (Å²) in [4.78, 5) is 24.3. The van der Waals surface area contributed by atoms with Crippen molar-refractivity contribution in [1.29, 1.82) is 0 Å². The molecule has 4 atom stereocenters. The maximum absolute atomic E-state index is 14.6. The number of ether oxygens (including phenoxy) is 2. The molecule has 1 unspecified atom stereocenters. The topological polar surface area (TPSA) is 88.6 Å². The number of aromatic nitrogens is 2. The molecule has 2 fully saturated rings. The second kappa shape index (κ2) is 11.7. The molecule has 40 heavy (non-hydrogen) atoms. The normalized spacial score (nSPS) is 23.8. The van der Waals surface area contributed by atoms with Crippen molar-refractivity contribution in [3.63, 3.8) is 0 Å². The molecule has 2 aliphatic heterocycles. The molecule has 0 bridgehead atoms. The highest BCUT2D eigenvalue weighted by Gasteiger charge is 2.50. The number of rotatable bonds is 9. The summed E-state index contributed by atoms with van der Waals surface area (Å²) in [5.74, 6) is 0.909. The summed E-state index contributed by atoms with van der Waals surface area (Å²) in [6, 6.07) is 8.48. The maximum atomic E-state index is 14.6. The Kier molecular flexibility index (Phi) is 8.30. The Bertz CT molecular complexity index is 1390. The van der Waals surface area contributed by atoms with Gasteiger partial charge in [-0.2, -0.15) is 0 Å². The average Bonchev–Trinajstić information content (AvgIpc) is 3.59. The summed E-state index contributed by atoms with van der Waals surface area (Å²) in [6.45, 7) is 6.02. The maximum Gasteiger partial charge on any atom is 0.278 e. The highest BCUT2D eigenvalue weighted by atomic mass is 35.5. The van der Waals surface area contributed by atoms with E-state index >= 15 is 0 Å². The number of quaternary nitrogens is 1. The van der Waals surface area contributed by atoms with Crippen molar-refractivity contribution in [1.82, 2.24) is 20.2 Å². The molecule has 9 nitrogen and oxygen atoms in total. The summed E-state index contributed by atoms with van der Waals surface area (Å²) in [5, 5.41) is 6.55. The van der Waals surface area contributed by atoms with Crippen LogP contribution in [0, 0.1) is 5.82 Å². The van der Waals surface area contributed by atoms with Gasteiger partial charge in [0.15, 0.2) is 29.5 Å². The highest BCUT2D eigenvalue weighted by Crippen LogP contribution is 2.38. The molecule has 2 N–H and O–H groups in total. The monoisotopic (exact) mass is 571 g/mol. The number of benzene rings is 2. The van der Waals surface area contributed by atoms with Crippen molar-refractivity contribution >= 4 is 39.9 Å². The van der Waals surface area contributed by atoms with E-state index in [2.05, 4.69) is 39.5 Å². The minimum atomic E-state index is -0.563. The first kappa shape index (κ1) is 28.3. The number of anilines is 2. The zero-order chi connectivity index (χ0) is 28.4. The van der Waals surface area contributed by atoms with Crippen molar-refractivity contribution in [3.8, 4) is 11.5 Å². The first-order valence-electron chi connectivity index (χ1n) is 13.7. The molecule has 5 rings (SSSR count). The lowest BCUT2D eigenvalue weighted by molar-refractivity contribution is -0.915. The Labute approximate surface area is 239 Å². The molecule has 11 heteroatoms. The van der Waals surface area contributed by atoms with Gasteiger partial charge in [0, 0.05) is 18.5 Å². The van der Waals surface area contributed by atoms with Crippen LogP contribution in [-0.4, -0.2) is 90.8 Å². The third-order valence-corrected chi connectivity index (χ3v) is 8.56. The van der Waals surface area contributed by atoms with Crippen LogP contribution in [0.25, 0.3) is 10.9 Å². The van der Waals surface area contributed by atoms with E-state index in [-0.39, 0.29) is 28.8 Å². The molecule has 1 aromatic heterocycles. The van der Waals surface area contributed by atoms with Crippen molar-refractivity contribution in [2.24, 2.45) is 0 Å². The van der Waals surface area contributed by atoms with Crippen LogP contribution < -0.4 is 20.1 Å². The van der Waals surface area contributed by atoms with E-state index in [1.165, 1.54) is 25.2 Å². The van der Waals surface area contributed by atoms with Crippen LogP contribution in [0.1, 0.15) is 26.2 Å². The lowest BCUT2D eigenvalue weighted by Gasteiger charge is -2.39. The van der Waals surface area contributed by atoms with E-state index in [1.807, 2.05) is 6.07 Å². The number of methoxy groups -OCH3 is 1. The van der Waals surface area contributed by atoms with Crippen LogP contribution in [0.15, 0.2) is 36.7 Å². The number of fused-ring (bicyclic) bond motifs is 1. The van der Waals surface area contributed by atoms with Crippen LogP contribution in [0.3, 0.4) is 0 Å². The van der Waals surface area contributed by atoms with Crippen LogP contribution in [0.5, 0.6) is 11.5 Å². The number of nitrogens with zero attached hydrogens (tertiary/aromatic N) is 4. The van der Waals surface area contributed by atoms with E-state index in [0.29, 0.717) is 51.7 Å². The summed E-state index contributed by atoms with van der Waals surface area (Å²) in [7, 11) is 5.42. The van der Waals surface area contributed by atoms with Gasteiger partial charge >= 0.3 is 0 Å². The van der Waals surface area contributed by atoms with Gasteiger partial charge in [-0.1, -0.05) is 17.7 Å². The minimum absolute atomic E-state index is 0.0150. The number of carbonyl (C=O) groups excluding carboxylic acids is 1. The van der Waals surface area contributed by atoms with E-state index in [9.17, 15) is 9.18 Å². The molecule has 2 aromatic carbocycles. The van der Waals surface area contributed by atoms with Crippen LogP contribution in [-0.2, 0) is 4.79 Å². The largest absolute Gasteiger partial charge is 0.493 e. The lowest BCUT2D eigenvalue weighted by atomic mass is 10.1. The number of amides is 1. The predicted octanol–water partition coefficient (Wildman–Crippen LogP) is 4.37. The van der Waals surface area contributed by atoms with Gasteiger partial charge < -0.3 is 24.6 Å². The van der Waals surface area contributed by atoms with Gasteiger partial charge in [0.05, 0.1) is 49.4 Å². The van der Waals surface area contributed by atoms with Gasteiger partial charge in [0.25, 0.3) is 5.91 Å². The molecule has 2 aliphatic rings. The van der Waals surface area contributed by atoms with Gasteiger partial charge in [-0.05, 0) is 51.1 Å². The number of likely N-dealkylation sites (N-methyl/N-ethyl adjacent to an activating group) is 2. The van der Waals surface area contributed by atoms with Crippen LogP contribution in [0.2, 0.25) is 5.02 Å². The first-order chi connectivity index (χ1) is 19.2. The fourth-order valence-corrected chi connectivity index (χ4v) is 6.41. The molecule has 0 aliphatic carbocycles. The summed E-state index contributed by atoms with van der Waals surface area (Å²) < 4.78 is 27.5. The Morgan fingerprint density at radius 2 is 2.02 bits per heavy atom. The van der Waals surface area contributed by atoms with E-state index < -0.39 is 5.82 Å². The van der Waals surface area contributed by atoms with E-state index in [0.717, 1.165) is 19.6 Å². The molecular weight excluding hydrogens is 535 g/mol. The predicted molar refractivity (Wildman–Crippen MR) is 154 cm³/mol. The van der Waals surface area contributed by atoms with Crippen molar-refractivity contribution in [3.05, 3.63) is 47.5 Å². The second-order valence-electron chi connectivity index (χ2n) is 11.0. The van der Waals surface area contributed by atoms with Crippen molar-refractivity contribution in [2.75, 3.05) is 52.7 Å². The lowest BCUT2D eigenvalue weighted by Crippen LogP contribution is -2.59. The van der Waals surface area contributed by atoms with Crippen LogP contribution in [0.4, 0.5) is 15.9 Å². The Balaban J connectivity index is 1.43. The van der Waals surface area contributed by atoms with Gasteiger partial charge in [-0.25, -0.2) is 14.4 Å². The Morgan fingerprint density at radius 3 is 2.75 bits per heavy atom. The third kappa shape index (κ3) is 5.66. The second-order valence-corrected chi connectivity index (χ2v) is 11.4. The summed E-state index contributed by atoms with van der Waals surface area (Å²) in [5.41, 5.74) is 0.814. The fraction of sp³-hybridized carbons (Fsp3) is 0.483. The number of hydrogen-bond acceptors (Lipinski definition) is 7. The zero-order valence-electron chi connectivity index (χ0n) is 23.4. The Morgan fingerprint density at radius 1 is 1.25 bits per heavy atom. The molecule has 0 saturated carbocycles. The fourth-order valence-electron chi connectivity index (χ4n) is 6.24. The molecule has 214 valence electrons. The third-order valence-electron chi connectivity index (χ3n) is 8.27. The SMILES string of the molecule is CNC(=O)[C@H]1C[C@H](Oc2cc3c(Nc4cccc(Cl)c4F)ncnc3cc2OC)C[N+]1(C)C[C@H](C)N1CCCC1. The molecule has 0 spiro atoms. The number of halogens is 2. The van der Waals surface area contributed by atoms with E-state index in [4.69, 9.17) is 21.1 Å². The Hall–Kier alpha value is -3.21. The van der Waals surface area contributed by atoms with Gasteiger partial charge in [-0.15, -0.1) is 0 Å². The van der Waals surface area contributed by atoms with Crippen molar-refractivity contribution < 1.29 is 23.1 Å². The van der Waals surface area contributed by atoms with Crippen LogP contribution >= 0.6 is 11.6 Å². The smallest absolute Gasteiger partial charge is 0.278 e. The molecule has 3 heterocycles. The quantitative estimate of drug-likeness (QED) is 0.369.